The molecule has 0 heterocycles. The summed E-state index contributed by atoms with van der Waals surface area (Å²) in [5.41, 5.74) is 14.0. The second-order valence-corrected chi connectivity index (χ2v) is 18.0. The molecule has 276 valence electrons. The van der Waals surface area contributed by atoms with Gasteiger partial charge >= 0.3 is 166 Å². The van der Waals surface area contributed by atoms with E-state index in [9.17, 15) is 0 Å². The van der Waals surface area contributed by atoms with Crippen LogP contribution in [0.4, 0.5) is 0 Å². The summed E-state index contributed by atoms with van der Waals surface area (Å²) < 4.78 is 1.26. The molecule has 0 aliphatic heterocycles. The van der Waals surface area contributed by atoms with Crippen LogP contribution in [0.3, 0.4) is 0 Å². The molecule has 0 bridgehead atoms. The Hall–Kier alpha value is -2.77. The van der Waals surface area contributed by atoms with Gasteiger partial charge in [0.25, 0.3) is 0 Å². The fourth-order valence-electron chi connectivity index (χ4n) is 7.47. The van der Waals surface area contributed by atoms with E-state index >= 15 is 0 Å². The van der Waals surface area contributed by atoms with Gasteiger partial charge in [0, 0.05) is 0 Å². The largest absolute Gasteiger partial charge is 1.00 e. The van der Waals surface area contributed by atoms with Gasteiger partial charge in [-0.1, -0.05) is 71.6 Å². The van der Waals surface area contributed by atoms with Crippen molar-refractivity contribution in [1.82, 2.24) is 0 Å². The predicted molar refractivity (Wildman–Crippen MR) is 223 cm³/mol. The van der Waals surface area contributed by atoms with Crippen molar-refractivity contribution in [1.29, 1.82) is 0 Å². The molecule has 0 atom stereocenters. The van der Waals surface area contributed by atoms with E-state index in [-0.39, 0.29) is 35.6 Å². The van der Waals surface area contributed by atoms with Gasteiger partial charge in [-0.2, -0.15) is 23.8 Å². The van der Waals surface area contributed by atoms with E-state index in [0.717, 1.165) is 33.7 Å². The molecular weight excluding hydrogens is 822 g/mol. The Morgan fingerprint density at radius 3 is 1.65 bits per heavy atom. The SMILES string of the molecule is Cc1[c-]c2c(cc1C(C)(C)C)-c1cc(C(C)(C)C)c(C)cc1C2.Clc1cc([C](=[Zr+2])c2cc(Cl)cc3ccccc23)c2ccccc2c1.[C-]1=CC=CC1.[Cl-].[Cl-]. The van der Waals surface area contributed by atoms with Crippen molar-refractivity contribution < 1.29 is 49.0 Å². The third-order valence-electron chi connectivity index (χ3n) is 9.86. The number of rotatable bonds is 2. The van der Waals surface area contributed by atoms with Crippen molar-refractivity contribution in [3.05, 3.63) is 176 Å². The quantitative estimate of drug-likeness (QED) is 0.155. The molecule has 0 nitrogen and oxygen atoms in total. The van der Waals surface area contributed by atoms with Crippen LogP contribution in [0, 0.1) is 26.0 Å². The minimum Gasteiger partial charge on any atom is -1.00 e. The van der Waals surface area contributed by atoms with E-state index in [1.165, 1.54) is 93.8 Å². The van der Waals surface area contributed by atoms with Crippen LogP contribution in [0.25, 0.3) is 32.7 Å². The number of fused-ring (bicyclic) bond motifs is 5. The topological polar surface area (TPSA) is 0 Å². The molecule has 6 aromatic rings. The first-order valence-electron chi connectivity index (χ1n) is 18.0. The van der Waals surface area contributed by atoms with Crippen molar-refractivity contribution in [2.24, 2.45) is 0 Å². The molecular formula is C49H46Cl4Zr-2. The summed E-state index contributed by atoms with van der Waals surface area (Å²) in [6.07, 6.45) is 11.0. The minimum absolute atomic E-state index is 0. The molecule has 0 radical (unpaired) electrons. The Morgan fingerprint density at radius 2 is 1.19 bits per heavy atom. The monoisotopic (exact) mass is 864 g/mol. The van der Waals surface area contributed by atoms with Crippen LogP contribution < -0.4 is 24.8 Å². The third-order valence-corrected chi connectivity index (χ3v) is 11.6. The average molecular weight is 868 g/mol. The van der Waals surface area contributed by atoms with E-state index in [2.05, 4.69) is 140 Å². The van der Waals surface area contributed by atoms with E-state index in [0.29, 0.717) is 0 Å². The second-order valence-electron chi connectivity index (χ2n) is 15.9. The standard InChI is InChI=1S/C23H29.C21H12Cl2.C5H5.2ClH.Zr/c1-14-9-16-11-17-10-15(2)21(23(6,7)8)13-19(17)18(16)12-20(14)22(3,4)5;22-18-10-14-5-1-3-7-20(14)16(12-18)9-17-13-19(23)11-15-6-2-4-8-21(15)17;1-2-4-5-3-1;;;/h9,12-13H,11H2,1-8H3;1-8,10-13H;1-3H,4H2;2*1H;/q-1;;-1;;;+2/p-2. The smallest absolute Gasteiger partial charge is 0.109 e. The van der Waals surface area contributed by atoms with Gasteiger partial charge in [-0.05, 0) is 35.4 Å². The first kappa shape index (κ1) is 44.0. The molecule has 0 unspecified atom stereocenters. The first-order chi connectivity index (χ1) is 24.6. The van der Waals surface area contributed by atoms with Crippen LogP contribution in [0.2, 0.25) is 10.0 Å². The molecule has 54 heavy (non-hydrogen) atoms. The number of aryl methyl sites for hydroxylation is 2. The Balaban J connectivity index is 0.000000206. The number of hydrogen-bond acceptors (Lipinski definition) is 0. The molecule has 0 amide bonds. The summed E-state index contributed by atoms with van der Waals surface area (Å²) in [6.45, 7) is 18.2. The van der Waals surface area contributed by atoms with Crippen molar-refractivity contribution >= 4 is 48.0 Å². The Kier molecular flexibility index (Phi) is 14.7. The molecule has 2 aliphatic rings. The van der Waals surface area contributed by atoms with Crippen LogP contribution in [0.1, 0.15) is 92.5 Å². The average Bonchev–Trinajstić information content (AvgIpc) is 3.77. The van der Waals surface area contributed by atoms with E-state index < -0.39 is 0 Å². The number of hydrogen-bond donors (Lipinski definition) is 0. The van der Waals surface area contributed by atoms with Gasteiger partial charge in [0.1, 0.15) is 0 Å². The van der Waals surface area contributed by atoms with Gasteiger partial charge in [0.2, 0.25) is 0 Å². The maximum atomic E-state index is 6.38. The van der Waals surface area contributed by atoms with Crippen LogP contribution in [-0.2, 0) is 41.5 Å². The van der Waals surface area contributed by atoms with Gasteiger partial charge in [0.15, 0.2) is 0 Å². The fourth-order valence-corrected chi connectivity index (χ4v) is 8.94. The molecule has 5 heteroatoms. The van der Waals surface area contributed by atoms with Crippen LogP contribution >= 0.6 is 23.2 Å². The van der Waals surface area contributed by atoms with Crippen molar-refractivity contribution in [3.63, 3.8) is 0 Å². The molecule has 0 saturated carbocycles. The summed E-state index contributed by atoms with van der Waals surface area (Å²) in [5.74, 6) is 0. The van der Waals surface area contributed by atoms with Gasteiger partial charge in [0.05, 0.1) is 0 Å². The Morgan fingerprint density at radius 1 is 0.667 bits per heavy atom. The zero-order chi connectivity index (χ0) is 37.4. The van der Waals surface area contributed by atoms with E-state index in [1.807, 2.05) is 36.4 Å². The van der Waals surface area contributed by atoms with Crippen LogP contribution in [0.5, 0.6) is 0 Å². The minimum atomic E-state index is 0. The summed E-state index contributed by atoms with van der Waals surface area (Å²) in [5, 5.41) is 6.28. The van der Waals surface area contributed by atoms with Crippen molar-refractivity contribution in [3.8, 4) is 11.1 Å². The molecule has 0 fully saturated rings. The molecule has 0 N–H and O–H groups in total. The zero-order valence-electron chi connectivity index (χ0n) is 32.3. The normalized spacial score (nSPS) is 12.5. The predicted octanol–water partition coefficient (Wildman–Crippen LogP) is 8.00. The van der Waals surface area contributed by atoms with E-state index in [1.54, 1.807) is 0 Å². The number of benzene rings is 6. The number of allylic oxidation sites excluding steroid dienone is 4. The van der Waals surface area contributed by atoms with Gasteiger partial charge in [-0.15, -0.1) is 23.1 Å². The zero-order valence-corrected chi connectivity index (χ0v) is 37.8. The molecule has 0 spiro atoms. The Labute approximate surface area is 360 Å². The fraction of sp³-hybridized carbons (Fsp3) is 0.245. The van der Waals surface area contributed by atoms with Gasteiger partial charge in [-0.3, -0.25) is 6.08 Å². The van der Waals surface area contributed by atoms with Gasteiger partial charge in [-0.25, -0.2) is 12.2 Å². The molecule has 8 rings (SSSR count). The van der Waals surface area contributed by atoms with Gasteiger partial charge < -0.3 is 24.8 Å². The maximum absolute atomic E-state index is 6.38. The summed E-state index contributed by atoms with van der Waals surface area (Å²) in [4.78, 5) is 0. The van der Waals surface area contributed by atoms with Crippen molar-refractivity contribution in [2.45, 2.75) is 79.1 Å². The summed E-state index contributed by atoms with van der Waals surface area (Å²) >= 11 is 14.1. The Bertz CT molecular complexity index is 2220. The first-order valence-corrected chi connectivity index (χ1v) is 20.0. The van der Waals surface area contributed by atoms with Crippen LogP contribution in [-0.4, -0.2) is 3.21 Å². The number of halogens is 4. The summed E-state index contributed by atoms with van der Waals surface area (Å²) in [6, 6.07) is 35.8. The molecule has 2 aliphatic carbocycles. The van der Waals surface area contributed by atoms with Crippen molar-refractivity contribution in [2.75, 3.05) is 0 Å². The van der Waals surface area contributed by atoms with E-state index in [4.69, 9.17) is 23.2 Å². The maximum Gasteiger partial charge on any atom is -0.109 e. The molecule has 0 aromatic heterocycles. The summed E-state index contributed by atoms with van der Waals surface area (Å²) in [7, 11) is 0. The molecule has 0 saturated heterocycles. The molecule has 6 aromatic carbocycles. The third kappa shape index (κ3) is 9.78. The van der Waals surface area contributed by atoms with Crippen LogP contribution in [0.15, 0.2) is 109 Å². The second kappa shape index (κ2) is 18.0.